The molecule has 0 spiro atoms. The van der Waals surface area contributed by atoms with Crippen LogP contribution in [0.1, 0.15) is 77.5 Å². The van der Waals surface area contributed by atoms with E-state index in [0.29, 0.717) is 19.3 Å². The van der Waals surface area contributed by atoms with E-state index in [2.05, 4.69) is 10.6 Å². The maximum Gasteiger partial charge on any atom is 0.408 e. The number of amides is 2. The summed E-state index contributed by atoms with van der Waals surface area (Å²) >= 11 is 0. The topological polar surface area (TPSA) is 84.5 Å². The van der Waals surface area contributed by atoms with Crippen molar-refractivity contribution in [1.82, 2.24) is 10.6 Å². The third kappa shape index (κ3) is 9.55. The summed E-state index contributed by atoms with van der Waals surface area (Å²) in [5.74, 6) is -1.37. The predicted octanol–water partition coefficient (Wildman–Crippen LogP) is 5.77. The minimum absolute atomic E-state index is 0.280. The summed E-state index contributed by atoms with van der Waals surface area (Å²) in [6, 6.07) is 18.2. The van der Waals surface area contributed by atoms with Gasteiger partial charge in [-0.2, -0.15) is 0 Å². The second-order valence-corrected chi connectivity index (χ2v) is 10.1. The molecule has 2 aromatic rings. The highest BCUT2D eigenvalue weighted by Crippen LogP contribution is 2.26. The van der Waals surface area contributed by atoms with E-state index in [9.17, 15) is 14.4 Å². The summed E-state index contributed by atoms with van der Waals surface area (Å²) in [6.07, 6.45) is 2.33. The number of ether oxygens (including phenoxy) is 1. The van der Waals surface area contributed by atoms with Crippen LogP contribution in [0.2, 0.25) is 0 Å². The van der Waals surface area contributed by atoms with E-state index < -0.39 is 23.8 Å². The normalized spacial score (nSPS) is 13.9. The largest absolute Gasteiger partial charge is 0.446 e. The fraction of sp³-hybridized carbons (Fsp3) is 0.483. The highest BCUT2D eigenvalue weighted by Gasteiger charge is 2.32. The van der Waals surface area contributed by atoms with Gasteiger partial charge in [-0.1, -0.05) is 101 Å². The SMILES string of the molecule is CCCC[C@H](NC(=O)O[C@H](CCc1ccccc1)C(C)(C)C)C(=O)C(=O)N[C@H](C)c1ccccc1. The first-order valence-electron chi connectivity index (χ1n) is 12.5. The van der Waals surface area contributed by atoms with Crippen molar-refractivity contribution in [3.8, 4) is 0 Å². The van der Waals surface area contributed by atoms with Crippen LogP contribution in [0.4, 0.5) is 4.79 Å². The van der Waals surface area contributed by atoms with Gasteiger partial charge in [0.05, 0.1) is 6.04 Å². The van der Waals surface area contributed by atoms with Crippen molar-refractivity contribution < 1.29 is 19.1 Å². The molecule has 35 heavy (non-hydrogen) atoms. The molecule has 6 heteroatoms. The van der Waals surface area contributed by atoms with Crippen molar-refractivity contribution in [3.63, 3.8) is 0 Å². The molecule has 2 aromatic carbocycles. The van der Waals surface area contributed by atoms with E-state index in [1.54, 1.807) is 0 Å². The van der Waals surface area contributed by atoms with Crippen LogP contribution in [-0.2, 0) is 20.7 Å². The number of benzene rings is 2. The van der Waals surface area contributed by atoms with Gasteiger partial charge in [0.2, 0.25) is 5.78 Å². The Balaban J connectivity index is 2.02. The molecule has 190 valence electrons. The summed E-state index contributed by atoms with van der Waals surface area (Å²) in [7, 11) is 0. The van der Waals surface area contributed by atoms with Gasteiger partial charge < -0.3 is 15.4 Å². The quantitative estimate of drug-likeness (QED) is 0.378. The Bertz CT molecular complexity index is 938. The lowest BCUT2D eigenvalue weighted by Crippen LogP contribution is -2.49. The lowest BCUT2D eigenvalue weighted by molar-refractivity contribution is -0.139. The van der Waals surface area contributed by atoms with Gasteiger partial charge in [0.25, 0.3) is 5.91 Å². The number of hydrogen-bond donors (Lipinski definition) is 2. The summed E-state index contributed by atoms with van der Waals surface area (Å²) in [4.78, 5) is 38.5. The number of rotatable bonds is 12. The number of alkyl carbamates (subject to hydrolysis) is 1. The first-order valence-corrected chi connectivity index (χ1v) is 12.5. The molecule has 0 saturated heterocycles. The van der Waals surface area contributed by atoms with E-state index in [1.807, 2.05) is 95.3 Å². The number of carbonyl (C=O) groups excluding carboxylic acids is 3. The summed E-state index contributed by atoms with van der Waals surface area (Å²) in [5, 5.41) is 5.42. The van der Waals surface area contributed by atoms with Gasteiger partial charge in [-0.25, -0.2) is 4.79 Å². The average Bonchev–Trinajstić information content (AvgIpc) is 2.84. The maximum absolute atomic E-state index is 13.0. The molecule has 0 radical (unpaired) electrons. The number of carbonyl (C=O) groups is 3. The van der Waals surface area contributed by atoms with Crippen LogP contribution >= 0.6 is 0 Å². The first-order chi connectivity index (χ1) is 16.6. The lowest BCUT2D eigenvalue weighted by atomic mass is 9.85. The number of nitrogens with one attached hydrogen (secondary N) is 2. The second kappa shape index (κ2) is 13.7. The Morgan fingerprint density at radius 2 is 1.49 bits per heavy atom. The summed E-state index contributed by atoms with van der Waals surface area (Å²) in [6.45, 7) is 9.89. The van der Waals surface area contributed by atoms with Crippen LogP contribution in [-0.4, -0.2) is 29.9 Å². The molecular formula is C29H40N2O4. The number of aryl methyl sites for hydroxylation is 1. The standard InChI is InChI=1S/C29H40N2O4/c1-6-7-18-24(26(32)27(33)30-21(2)23-16-12-9-13-17-23)31-28(34)35-25(29(3,4)5)20-19-22-14-10-8-11-15-22/h8-17,21,24-25H,6-7,18-20H2,1-5H3,(H,30,33)(H,31,34)/t21-,24+,25-/m1/s1. The van der Waals surface area contributed by atoms with Gasteiger partial charge in [-0.3, -0.25) is 9.59 Å². The van der Waals surface area contributed by atoms with Gasteiger partial charge in [-0.15, -0.1) is 0 Å². The van der Waals surface area contributed by atoms with Crippen LogP contribution in [0.25, 0.3) is 0 Å². The monoisotopic (exact) mass is 480 g/mol. The Morgan fingerprint density at radius 1 is 0.886 bits per heavy atom. The zero-order valence-electron chi connectivity index (χ0n) is 21.7. The smallest absolute Gasteiger partial charge is 0.408 e. The molecule has 0 unspecified atom stereocenters. The fourth-order valence-corrected chi connectivity index (χ4v) is 3.84. The van der Waals surface area contributed by atoms with Crippen LogP contribution in [0.15, 0.2) is 60.7 Å². The minimum Gasteiger partial charge on any atom is -0.446 e. The van der Waals surface area contributed by atoms with Gasteiger partial charge in [0.1, 0.15) is 12.1 Å². The highest BCUT2D eigenvalue weighted by atomic mass is 16.6. The molecule has 6 nitrogen and oxygen atoms in total. The van der Waals surface area contributed by atoms with Crippen LogP contribution in [0.5, 0.6) is 0 Å². The van der Waals surface area contributed by atoms with Crippen molar-refractivity contribution in [2.45, 2.75) is 84.9 Å². The van der Waals surface area contributed by atoms with Gasteiger partial charge >= 0.3 is 6.09 Å². The molecule has 3 atom stereocenters. The van der Waals surface area contributed by atoms with Crippen molar-refractivity contribution in [1.29, 1.82) is 0 Å². The van der Waals surface area contributed by atoms with E-state index in [1.165, 1.54) is 5.56 Å². The number of hydrogen-bond acceptors (Lipinski definition) is 4. The van der Waals surface area contributed by atoms with Crippen molar-refractivity contribution in [2.24, 2.45) is 5.41 Å². The van der Waals surface area contributed by atoms with Gasteiger partial charge in [-0.05, 0) is 42.7 Å². The second-order valence-electron chi connectivity index (χ2n) is 10.1. The van der Waals surface area contributed by atoms with E-state index in [-0.39, 0.29) is 17.6 Å². The van der Waals surface area contributed by atoms with E-state index in [0.717, 1.165) is 18.4 Å². The molecule has 0 aliphatic rings. The Kier molecular flexibility index (Phi) is 11.0. The molecular weight excluding hydrogens is 440 g/mol. The van der Waals surface area contributed by atoms with Crippen LogP contribution in [0, 0.1) is 5.41 Å². The molecule has 0 aliphatic carbocycles. The van der Waals surface area contributed by atoms with Crippen LogP contribution in [0.3, 0.4) is 0 Å². The van der Waals surface area contributed by atoms with Crippen LogP contribution < -0.4 is 10.6 Å². The first kappa shape index (κ1) is 28.1. The highest BCUT2D eigenvalue weighted by molar-refractivity contribution is 6.38. The average molecular weight is 481 g/mol. The molecule has 2 N–H and O–H groups in total. The molecule has 0 fully saturated rings. The van der Waals surface area contributed by atoms with E-state index >= 15 is 0 Å². The lowest BCUT2D eigenvalue weighted by Gasteiger charge is -2.31. The van der Waals surface area contributed by atoms with Crippen molar-refractivity contribution >= 4 is 17.8 Å². The molecule has 2 rings (SSSR count). The minimum atomic E-state index is -0.930. The zero-order valence-corrected chi connectivity index (χ0v) is 21.7. The Hall–Kier alpha value is -3.15. The number of ketones is 1. The molecule has 0 aromatic heterocycles. The summed E-state index contributed by atoms with van der Waals surface area (Å²) in [5.41, 5.74) is 1.79. The number of Topliss-reactive ketones (excluding diaryl/α,β-unsaturated/α-hetero) is 1. The molecule has 0 aliphatic heterocycles. The van der Waals surface area contributed by atoms with Crippen molar-refractivity contribution in [2.75, 3.05) is 0 Å². The van der Waals surface area contributed by atoms with Gasteiger partial charge in [0.15, 0.2) is 0 Å². The predicted molar refractivity (Wildman–Crippen MR) is 139 cm³/mol. The zero-order chi connectivity index (χ0) is 25.8. The van der Waals surface area contributed by atoms with E-state index in [4.69, 9.17) is 4.74 Å². The fourth-order valence-electron chi connectivity index (χ4n) is 3.84. The molecule has 0 bridgehead atoms. The third-order valence-electron chi connectivity index (χ3n) is 6.08. The Morgan fingerprint density at radius 3 is 2.06 bits per heavy atom. The molecule has 0 saturated carbocycles. The van der Waals surface area contributed by atoms with Crippen molar-refractivity contribution in [3.05, 3.63) is 71.8 Å². The molecule has 2 amide bonds. The maximum atomic E-state index is 13.0. The summed E-state index contributed by atoms with van der Waals surface area (Å²) < 4.78 is 5.79. The van der Waals surface area contributed by atoms with Gasteiger partial charge in [0, 0.05) is 0 Å². The Labute approximate surface area is 209 Å². The third-order valence-corrected chi connectivity index (χ3v) is 6.08. The number of unbranched alkanes of at least 4 members (excludes halogenated alkanes) is 1. The molecule has 0 heterocycles.